The maximum Gasteiger partial charge on any atom is 0.408 e. The van der Waals surface area contributed by atoms with E-state index in [1.165, 1.54) is 0 Å². The summed E-state index contributed by atoms with van der Waals surface area (Å²) in [5.74, 6) is -0.446. The number of primary amides is 1. The highest BCUT2D eigenvalue weighted by Crippen LogP contribution is 2.09. The van der Waals surface area contributed by atoms with Crippen molar-refractivity contribution in [3.63, 3.8) is 0 Å². The predicted molar refractivity (Wildman–Crippen MR) is 90.1 cm³/mol. The van der Waals surface area contributed by atoms with Gasteiger partial charge in [0.2, 0.25) is 5.91 Å². The summed E-state index contributed by atoms with van der Waals surface area (Å²) < 4.78 is 5.25. The van der Waals surface area contributed by atoms with E-state index in [2.05, 4.69) is 10.6 Å². The largest absolute Gasteiger partial charge is 0.444 e. The first-order chi connectivity index (χ1) is 10.5. The zero-order valence-electron chi connectivity index (χ0n) is 14.5. The average Bonchev–Trinajstić information content (AvgIpc) is 2.35. The van der Waals surface area contributed by atoms with Gasteiger partial charge in [-0.2, -0.15) is 0 Å². The van der Waals surface area contributed by atoms with Crippen LogP contribution < -0.4 is 16.4 Å². The molecule has 6 heteroatoms. The van der Waals surface area contributed by atoms with Crippen LogP contribution in [0.3, 0.4) is 0 Å². The van der Waals surface area contributed by atoms with E-state index in [-0.39, 0.29) is 0 Å². The van der Waals surface area contributed by atoms with Crippen molar-refractivity contribution in [2.75, 3.05) is 6.54 Å². The number of alkyl carbamates (subject to hydrolysis) is 1. The highest BCUT2D eigenvalue weighted by Gasteiger charge is 2.24. The van der Waals surface area contributed by atoms with Crippen molar-refractivity contribution in [3.8, 4) is 0 Å². The first-order valence-electron chi connectivity index (χ1n) is 7.59. The lowest BCUT2D eigenvalue weighted by atomic mass is 10.1. The molecule has 0 atom stereocenters. The number of carbonyl (C=O) groups is 2. The van der Waals surface area contributed by atoms with Crippen LogP contribution in [-0.4, -0.2) is 29.7 Å². The quantitative estimate of drug-likeness (QED) is 0.748. The van der Waals surface area contributed by atoms with Crippen LogP contribution in [0.4, 0.5) is 4.79 Å². The number of amides is 2. The van der Waals surface area contributed by atoms with Crippen molar-refractivity contribution < 1.29 is 14.3 Å². The van der Waals surface area contributed by atoms with Crippen molar-refractivity contribution in [2.24, 2.45) is 5.73 Å². The zero-order chi connectivity index (χ0) is 17.7. The zero-order valence-corrected chi connectivity index (χ0v) is 14.5. The number of hydrogen-bond acceptors (Lipinski definition) is 4. The Morgan fingerprint density at radius 1 is 1.17 bits per heavy atom. The maximum atomic E-state index is 11.8. The Labute approximate surface area is 137 Å². The fourth-order valence-electron chi connectivity index (χ4n) is 1.98. The number of carbonyl (C=O) groups excluding carboxylic acids is 2. The van der Waals surface area contributed by atoms with Gasteiger partial charge in [-0.3, -0.25) is 4.79 Å². The molecule has 128 valence electrons. The summed E-state index contributed by atoms with van der Waals surface area (Å²) in [6.45, 7) is 10.4. The van der Waals surface area contributed by atoms with Crippen LogP contribution >= 0.6 is 0 Å². The first-order valence-corrected chi connectivity index (χ1v) is 7.59. The second kappa shape index (κ2) is 7.46. The molecular weight excluding hydrogens is 294 g/mol. The molecule has 0 radical (unpaired) electrons. The van der Waals surface area contributed by atoms with E-state index in [1.807, 2.05) is 40.7 Å². The summed E-state index contributed by atoms with van der Waals surface area (Å²) in [6, 6.07) is 7.14. The molecule has 0 spiro atoms. The molecule has 2 amide bonds. The second-order valence-electron chi connectivity index (χ2n) is 7.18. The van der Waals surface area contributed by atoms with Crippen molar-refractivity contribution in [3.05, 3.63) is 35.4 Å². The Hall–Kier alpha value is -2.08. The summed E-state index contributed by atoms with van der Waals surface area (Å²) >= 11 is 0. The lowest BCUT2D eigenvalue weighted by Gasteiger charge is -2.29. The lowest BCUT2D eigenvalue weighted by molar-refractivity contribution is 0.0472. The Kier molecular flexibility index (Phi) is 6.15. The average molecular weight is 321 g/mol. The third kappa shape index (κ3) is 7.65. The fraction of sp³-hybridized carbons (Fsp3) is 0.529. The topological polar surface area (TPSA) is 93.5 Å². The standard InChI is InChI=1S/C17H27N3O3/c1-16(2,3)23-15(22)20-17(4,5)11-19-10-12-7-6-8-13(9-12)14(18)21/h6-9,19H,10-11H2,1-5H3,(H2,18,21)(H,20,22). The molecule has 4 N–H and O–H groups in total. The number of benzene rings is 1. The van der Waals surface area contributed by atoms with Gasteiger partial charge in [-0.1, -0.05) is 12.1 Å². The van der Waals surface area contributed by atoms with Gasteiger partial charge in [0.15, 0.2) is 0 Å². The molecule has 0 aliphatic rings. The molecule has 0 aliphatic heterocycles. The van der Waals surface area contributed by atoms with Gasteiger partial charge in [-0.05, 0) is 52.3 Å². The number of rotatable bonds is 6. The van der Waals surface area contributed by atoms with Gasteiger partial charge in [0.05, 0.1) is 5.54 Å². The molecule has 0 saturated carbocycles. The number of hydrogen-bond donors (Lipinski definition) is 3. The molecule has 0 aliphatic carbocycles. The fourth-order valence-corrected chi connectivity index (χ4v) is 1.98. The highest BCUT2D eigenvalue weighted by molar-refractivity contribution is 5.92. The van der Waals surface area contributed by atoms with E-state index in [0.717, 1.165) is 5.56 Å². The third-order valence-corrected chi connectivity index (χ3v) is 2.95. The SMILES string of the molecule is CC(C)(CNCc1cccc(C(N)=O)c1)NC(=O)OC(C)(C)C. The Morgan fingerprint density at radius 2 is 1.83 bits per heavy atom. The molecule has 1 aromatic carbocycles. The lowest BCUT2D eigenvalue weighted by Crippen LogP contribution is -2.51. The summed E-state index contributed by atoms with van der Waals surface area (Å²) in [6.07, 6.45) is -0.444. The molecule has 0 heterocycles. The van der Waals surface area contributed by atoms with Crippen LogP contribution in [-0.2, 0) is 11.3 Å². The van der Waals surface area contributed by atoms with Gasteiger partial charge in [0.1, 0.15) is 5.60 Å². The second-order valence-corrected chi connectivity index (χ2v) is 7.18. The normalized spacial score (nSPS) is 11.9. The van der Waals surface area contributed by atoms with Crippen LogP contribution in [0.1, 0.15) is 50.5 Å². The van der Waals surface area contributed by atoms with Gasteiger partial charge in [0.25, 0.3) is 0 Å². The minimum Gasteiger partial charge on any atom is -0.444 e. The first kappa shape index (κ1) is 19.0. The van der Waals surface area contributed by atoms with Crippen LogP contribution in [0.15, 0.2) is 24.3 Å². The van der Waals surface area contributed by atoms with Crippen molar-refractivity contribution in [2.45, 2.75) is 52.3 Å². The van der Waals surface area contributed by atoms with E-state index >= 15 is 0 Å². The minimum atomic E-state index is -0.525. The van der Waals surface area contributed by atoms with E-state index in [9.17, 15) is 9.59 Å². The molecule has 1 aromatic rings. The highest BCUT2D eigenvalue weighted by atomic mass is 16.6. The Morgan fingerprint density at radius 3 is 2.39 bits per heavy atom. The molecule has 6 nitrogen and oxygen atoms in total. The van der Waals surface area contributed by atoms with Gasteiger partial charge < -0.3 is 21.1 Å². The predicted octanol–water partition coefficient (Wildman–Crippen LogP) is 2.18. The van der Waals surface area contributed by atoms with Gasteiger partial charge in [-0.15, -0.1) is 0 Å². The molecule has 23 heavy (non-hydrogen) atoms. The van der Waals surface area contributed by atoms with Crippen LogP contribution in [0.25, 0.3) is 0 Å². The molecule has 0 aromatic heterocycles. The number of nitrogens with one attached hydrogen (secondary N) is 2. The van der Waals surface area contributed by atoms with E-state index in [0.29, 0.717) is 18.7 Å². The van der Waals surface area contributed by atoms with Gasteiger partial charge in [0, 0.05) is 18.7 Å². The van der Waals surface area contributed by atoms with Crippen molar-refractivity contribution in [1.82, 2.24) is 10.6 Å². The molecule has 0 unspecified atom stereocenters. The maximum absolute atomic E-state index is 11.8. The molecule has 0 bridgehead atoms. The number of nitrogens with two attached hydrogens (primary N) is 1. The van der Waals surface area contributed by atoms with Crippen LogP contribution in [0.5, 0.6) is 0 Å². The number of ether oxygens (including phenoxy) is 1. The Balaban J connectivity index is 2.49. The van der Waals surface area contributed by atoms with Gasteiger partial charge >= 0.3 is 6.09 Å². The van der Waals surface area contributed by atoms with Crippen molar-refractivity contribution in [1.29, 1.82) is 0 Å². The van der Waals surface area contributed by atoms with E-state index < -0.39 is 23.1 Å². The monoisotopic (exact) mass is 321 g/mol. The summed E-state index contributed by atoms with van der Waals surface area (Å²) in [7, 11) is 0. The summed E-state index contributed by atoms with van der Waals surface area (Å²) in [5.41, 5.74) is 5.71. The van der Waals surface area contributed by atoms with Gasteiger partial charge in [-0.25, -0.2) is 4.79 Å². The van der Waals surface area contributed by atoms with Crippen LogP contribution in [0, 0.1) is 0 Å². The van der Waals surface area contributed by atoms with E-state index in [4.69, 9.17) is 10.5 Å². The Bertz CT molecular complexity index is 562. The molecule has 0 fully saturated rings. The molecule has 1 rings (SSSR count). The minimum absolute atomic E-state index is 0.444. The summed E-state index contributed by atoms with van der Waals surface area (Å²) in [5, 5.41) is 6.08. The molecule has 0 saturated heterocycles. The summed E-state index contributed by atoms with van der Waals surface area (Å²) in [4.78, 5) is 23.0. The van der Waals surface area contributed by atoms with E-state index in [1.54, 1.807) is 18.2 Å². The third-order valence-electron chi connectivity index (χ3n) is 2.95. The van der Waals surface area contributed by atoms with Crippen LogP contribution in [0.2, 0.25) is 0 Å². The van der Waals surface area contributed by atoms with Crippen molar-refractivity contribution >= 4 is 12.0 Å². The smallest absolute Gasteiger partial charge is 0.408 e. The molecular formula is C17H27N3O3.